The van der Waals surface area contributed by atoms with Crippen molar-refractivity contribution in [1.82, 2.24) is 10.2 Å². The largest absolute Gasteiger partial charge is 0.318 e. The molecule has 0 aliphatic carbocycles. The monoisotopic (exact) mass is 308 g/mol. The molecular weight excluding hydrogens is 296 g/mol. The van der Waals surface area contributed by atoms with Crippen LogP contribution < -0.4 is 16.6 Å². The molecule has 0 atom stereocenters. The summed E-state index contributed by atoms with van der Waals surface area (Å²) in [5.41, 5.74) is 1.76. The summed E-state index contributed by atoms with van der Waals surface area (Å²) in [4.78, 5) is 22.6. The molecule has 2 rings (SSSR count). The summed E-state index contributed by atoms with van der Waals surface area (Å²) < 4.78 is 0. The summed E-state index contributed by atoms with van der Waals surface area (Å²) in [5.74, 6) is 4.58. The van der Waals surface area contributed by atoms with Gasteiger partial charge in [0.2, 0.25) is 5.13 Å². The molecule has 1 heterocycles. The van der Waals surface area contributed by atoms with Crippen LogP contribution in [0.15, 0.2) is 18.2 Å². The molecule has 0 bridgehead atoms. The highest BCUT2D eigenvalue weighted by molar-refractivity contribution is 7.15. The van der Waals surface area contributed by atoms with Gasteiger partial charge in [-0.1, -0.05) is 24.3 Å². The summed E-state index contributed by atoms with van der Waals surface area (Å²) in [7, 11) is 0. The number of benzene rings is 1. The Hall–Kier alpha value is -2.59. The van der Waals surface area contributed by atoms with Gasteiger partial charge in [-0.25, -0.2) is 0 Å². The first-order valence-corrected chi connectivity index (χ1v) is 6.76. The van der Waals surface area contributed by atoms with Crippen molar-refractivity contribution in [3.63, 3.8) is 0 Å². The Balaban J connectivity index is 2.32. The fourth-order valence-corrected chi connectivity index (χ4v) is 2.33. The number of carbonyl (C=O) groups excluding carboxylic acids is 1. The number of aromatic nitrogens is 2. The number of amides is 1. The van der Waals surface area contributed by atoms with Gasteiger partial charge in [0, 0.05) is 0 Å². The number of aryl methyl sites for hydroxylation is 1. The molecule has 1 aromatic carbocycles. The van der Waals surface area contributed by atoms with Crippen LogP contribution in [0.5, 0.6) is 0 Å². The van der Waals surface area contributed by atoms with Gasteiger partial charge in [0.15, 0.2) is 0 Å². The van der Waals surface area contributed by atoms with Crippen molar-refractivity contribution in [3.8, 4) is 0 Å². The SMILES string of the molecule is CCc1nnc(NC(=O)c2cccc(NN)c2[N+](=O)[O-])s1. The van der Waals surface area contributed by atoms with Gasteiger partial charge < -0.3 is 5.43 Å². The second-order valence-corrected chi connectivity index (χ2v) is 4.97. The first-order chi connectivity index (χ1) is 10.1. The number of anilines is 2. The Morgan fingerprint density at radius 3 is 2.81 bits per heavy atom. The van der Waals surface area contributed by atoms with E-state index < -0.39 is 16.5 Å². The molecule has 2 aromatic rings. The molecule has 1 aromatic heterocycles. The van der Waals surface area contributed by atoms with Crippen LogP contribution in [0.2, 0.25) is 0 Å². The Labute approximate surface area is 123 Å². The van der Waals surface area contributed by atoms with Crippen LogP contribution in [-0.2, 0) is 6.42 Å². The maximum Gasteiger partial charge on any atom is 0.306 e. The summed E-state index contributed by atoms with van der Waals surface area (Å²) in [6, 6.07) is 4.25. The third kappa shape index (κ3) is 3.12. The Kier molecular flexibility index (Phi) is 4.40. The molecule has 4 N–H and O–H groups in total. The highest BCUT2D eigenvalue weighted by atomic mass is 32.1. The zero-order valence-electron chi connectivity index (χ0n) is 11.0. The first-order valence-electron chi connectivity index (χ1n) is 5.94. The average Bonchev–Trinajstić information content (AvgIpc) is 2.93. The number of nitrogen functional groups attached to an aromatic ring is 1. The topological polar surface area (TPSA) is 136 Å². The van der Waals surface area contributed by atoms with E-state index in [4.69, 9.17) is 5.84 Å². The average molecular weight is 308 g/mol. The number of nitrogens with two attached hydrogens (primary N) is 1. The predicted molar refractivity (Wildman–Crippen MR) is 78.1 cm³/mol. The second-order valence-electron chi connectivity index (χ2n) is 3.91. The lowest BCUT2D eigenvalue weighted by molar-refractivity contribution is -0.384. The van der Waals surface area contributed by atoms with Crippen LogP contribution in [0, 0.1) is 10.1 Å². The van der Waals surface area contributed by atoms with Crippen LogP contribution >= 0.6 is 11.3 Å². The quantitative estimate of drug-likeness (QED) is 0.433. The molecule has 0 fully saturated rings. The second kappa shape index (κ2) is 6.24. The fourth-order valence-electron chi connectivity index (χ4n) is 1.65. The van der Waals surface area contributed by atoms with Crippen molar-refractivity contribution >= 4 is 33.8 Å². The summed E-state index contributed by atoms with van der Waals surface area (Å²) in [5, 5.41) is 22.3. The number of para-hydroxylation sites is 1. The smallest absolute Gasteiger partial charge is 0.306 e. The fraction of sp³-hybridized carbons (Fsp3) is 0.182. The Morgan fingerprint density at radius 2 is 2.24 bits per heavy atom. The molecule has 110 valence electrons. The van der Waals surface area contributed by atoms with Crippen LogP contribution in [0.3, 0.4) is 0 Å². The minimum Gasteiger partial charge on any atom is -0.318 e. The third-order valence-corrected chi connectivity index (χ3v) is 3.59. The molecule has 0 saturated heterocycles. The summed E-state index contributed by atoms with van der Waals surface area (Å²) >= 11 is 1.22. The highest BCUT2D eigenvalue weighted by Gasteiger charge is 2.24. The van der Waals surface area contributed by atoms with Gasteiger partial charge in [-0.3, -0.25) is 26.1 Å². The van der Waals surface area contributed by atoms with E-state index in [-0.39, 0.29) is 16.4 Å². The number of rotatable bonds is 5. The first kappa shape index (κ1) is 14.8. The van der Waals surface area contributed by atoms with Crippen LogP contribution in [0.4, 0.5) is 16.5 Å². The molecule has 21 heavy (non-hydrogen) atoms. The van der Waals surface area contributed by atoms with Crippen molar-refractivity contribution in [2.75, 3.05) is 10.7 Å². The third-order valence-electron chi connectivity index (χ3n) is 2.61. The number of hydrazine groups is 1. The lowest BCUT2D eigenvalue weighted by atomic mass is 10.1. The number of nitrogens with one attached hydrogen (secondary N) is 2. The van der Waals surface area contributed by atoms with Gasteiger partial charge in [0.05, 0.1) is 4.92 Å². The number of nitro groups is 1. The zero-order valence-corrected chi connectivity index (χ0v) is 11.8. The van der Waals surface area contributed by atoms with Gasteiger partial charge >= 0.3 is 5.69 Å². The molecule has 0 aliphatic heterocycles. The van der Waals surface area contributed by atoms with E-state index >= 15 is 0 Å². The molecule has 10 heteroatoms. The van der Waals surface area contributed by atoms with E-state index in [1.165, 1.54) is 29.5 Å². The molecule has 0 aliphatic rings. The lowest BCUT2D eigenvalue weighted by Crippen LogP contribution is -2.16. The lowest BCUT2D eigenvalue weighted by Gasteiger charge is -2.06. The normalized spacial score (nSPS) is 10.2. The van der Waals surface area contributed by atoms with E-state index in [0.717, 1.165) is 5.01 Å². The number of hydrogen-bond donors (Lipinski definition) is 3. The van der Waals surface area contributed by atoms with Crippen LogP contribution in [-0.4, -0.2) is 21.0 Å². The minimum atomic E-state index is -0.665. The van der Waals surface area contributed by atoms with E-state index in [1.54, 1.807) is 0 Å². The predicted octanol–water partition coefficient (Wildman–Crippen LogP) is 1.55. The zero-order chi connectivity index (χ0) is 15.4. The molecule has 9 nitrogen and oxygen atoms in total. The molecule has 0 spiro atoms. The maximum absolute atomic E-state index is 12.2. The van der Waals surface area contributed by atoms with E-state index in [0.29, 0.717) is 6.42 Å². The number of carbonyl (C=O) groups is 1. The van der Waals surface area contributed by atoms with Crippen molar-refractivity contribution in [3.05, 3.63) is 38.9 Å². The maximum atomic E-state index is 12.2. The van der Waals surface area contributed by atoms with E-state index in [1.807, 2.05) is 6.92 Å². The number of hydrogen-bond acceptors (Lipinski definition) is 8. The summed E-state index contributed by atoms with van der Waals surface area (Å²) in [6.07, 6.45) is 0.695. The standard InChI is InChI=1S/C11H12N6O3S/c1-2-8-15-16-11(21-8)13-10(18)6-4-3-5-7(14-12)9(6)17(19)20/h3-5,14H,2,12H2,1H3,(H,13,16,18). The molecule has 0 unspecified atom stereocenters. The van der Waals surface area contributed by atoms with Crippen molar-refractivity contribution in [2.24, 2.45) is 5.84 Å². The van der Waals surface area contributed by atoms with Gasteiger partial charge in [-0.05, 0) is 18.6 Å². The van der Waals surface area contributed by atoms with Crippen molar-refractivity contribution < 1.29 is 9.72 Å². The van der Waals surface area contributed by atoms with Crippen molar-refractivity contribution in [1.29, 1.82) is 0 Å². The van der Waals surface area contributed by atoms with Crippen LogP contribution in [0.25, 0.3) is 0 Å². The highest BCUT2D eigenvalue weighted by Crippen LogP contribution is 2.28. The molecule has 0 saturated carbocycles. The van der Waals surface area contributed by atoms with E-state index in [2.05, 4.69) is 20.9 Å². The van der Waals surface area contributed by atoms with Gasteiger partial charge in [-0.15, -0.1) is 10.2 Å². The van der Waals surface area contributed by atoms with Gasteiger partial charge in [-0.2, -0.15) is 0 Å². The number of nitrogens with zero attached hydrogens (tertiary/aromatic N) is 3. The Morgan fingerprint density at radius 1 is 1.48 bits per heavy atom. The summed E-state index contributed by atoms with van der Waals surface area (Å²) in [6.45, 7) is 1.91. The number of nitro benzene ring substituents is 1. The molecular formula is C11H12N6O3S. The molecule has 0 radical (unpaired) electrons. The van der Waals surface area contributed by atoms with E-state index in [9.17, 15) is 14.9 Å². The Bertz CT molecular complexity index is 686. The minimum absolute atomic E-state index is 0.0548. The van der Waals surface area contributed by atoms with Gasteiger partial charge in [0.25, 0.3) is 5.91 Å². The molecule has 1 amide bonds. The van der Waals surface area contributed by atoms with Gasteiger partial charge in [0.1, 0.15) is 16.3 Å². The van der Waals surface area contributed by atoms with Crippen molar-refractivity contribution in [2.45, 2.75) is 13.3 Å². The van der Waals surface area contributed by atoms with Crippen LogP contribution in [0.1, 0.15) is 22.3 Å².